The van der Waals surface area contributed by atoms with E-state index in [1.807, 2.05) is 6.07 Å². The first-order chi connectivity index (χ1) is 12.8. The smallest absolute Gasteiger partial charge is 0.251 e. The van der Waals surface area contributed by atoms with Crippen molar-refractivity contribution in [3.05, 3.63) is 59.2 Å². The summed E-state index contributed by atoms with van der Waals surface area (Å²) in [6.07, 6.45) is 2.42. The second-order valence-electron chi connectivity index (χ2n) is 7.07. The maximum atomic E-state index is 12.7. The number of benzene rings is 2. The molecule has 3 N–H and O–H groups in total. The van der Waals surface area contributed by atoms with Crippen LogP contribution >= 0.6 is 0 Å². The number of carbonyl (C=O) groups excluding carboxylic acids is 1. The van der Waals surface area contributed by atoms with Crippen molar-refractivity contribution in [1.29, 1.82) is 0 Å². The van der Waals surface area contributed by atoms with Crippen LogP contribution in [0.1, 0.15) is 54.2 Å². The second-order valence-corrected chi connectivity index (χ2v) is 8.78. The van der Waals surface area contributed by atoms with Gasteiger partial charge >= 0.3 is 0 Å². The van der Waals surface area contributed by atoms with E-state index in [0.717, 1.165) is 30.4 Å². The Labute approximate surface area is 159 Å². The summed E-state index contributed by atoms with van der Waals surface area (Å²) in [6.45, 7) is 3.48. The minimum Gasteiger partial charge on any atom is -0.508 e. The minimum atomic E-state index is -3.67. The summed E-state index contributed by atoms with van der Waals surface area (Å²) in [4.78, 5) is 12.8. The van der Waals surface area contributed by atoms with Gasteiger partial charge in [-0.15, -0.1) is 0 Å². The van der Waals surface area contributed by atoms with Gasteiger partial charge in [0.15, 0.2) is 0 Å². The number of fused-ring (bicyclic) bond motifs is 1. The standard InChI is InChI=1S/C20H24N2O4S/c1-13(2)22-27(25,26)15-7-3-6-14(12-15)20(24)21-18-10-4-9-17-16(18)8-5-11-19(17)23/h3,5-8,11-13,18,22-23H,4,9-10H2,1-2H3,(H,21,24). The first kappa shape index (κ1) is 19.4. The Balaban J connectivity index is 1.83. The lowest BCUT2D eigenvalue weighted by molar-refractivity contribution is 0.0932. The number of nitrogens with one attached hydrogen (secondary N) is 2. The molecule has 0 heterocycles. The van der Waals surface area contributed by atoms with Crippen molar-refractivity contribution in [3.63, 3.8) is 0 Å². The van der Waals surface area contributed by atoms with E-state index in [0.29, 0.717) is 0 Å². The van der Waals surface area contributed by atoms with Crippen LogP contribution in [0.2, 0.25) is 0 Å². The molecule has 0 saturated carbocycles. The topological polar surface area (TPSA) is 95.5 Å². The zero-order valence-electron chi connectivity index (χ0n) is 15.4. The maximum Gasteiger partial charge on any atom is 0.251 e. The molecule has 1 atom stereocenters. The van der Waals surface area contributed by atoms with Crippen LogP contribution in [0.15, 0.2) is 47.4 Å². The lowest BCUT2D eigenvalue weighted by atomic mass is 9.87. The highest BCUT2D eigenvalue weighted by molar-refractivity contribution is 7.89. The Kier molecular flexibility index (Phi) is 5.53. The molecule has 1 amide bonds. The van der Waals surface area contributed by atoms with Crippen LogP contribution in [0.5, 0.6) is 5.75 Å². The van der Waals surface area contributed by atoms with Crippen molar-refractivity contribution >= 4 is 15.9 Å². The van der Waals surface area contributed by atoms with Gasteiger partial charge in [-0.3, -0.25) is 4.79 Å². The highest BCUT2D eigenvalue weighted by Gasteiger charge is 2.24. The zero-order valence-corrected chi connectivity index (χ0v) is 16.2. The van der Waals surface area contributed by atoms with Crippen LogP contribution in [-0.4, -0.2) is 25.5 Å². The normalized spacial score (nSPS) is 16.8. The monoisotopic (exact) mass is 388 g/mol. The fourth-order valence-corrected chi connectivity index (χ4v) is 4.70. The van der Waals surface area contributed by atoms with Gasteiger partial charge in [0.05, 0.1) is 10.9 Å². The highest BCUT2D eigenvalue weighted by Crippen LogP contribution is 2.34. The molecule has 1 aliphatic rings. The third-order valence-electron chi connectivity index (χ3n) is 4.59. The van der Waals surface area contributed by atoms with Crippen molar-refractivity contribution in [1.82, 2.24) is 10.0 Å². The van der Waals surface area contributed by atoms with E-state index in [9.17, 15) is 18.3 Å². The molecular formula is C20H24N2O4S. The molecule has 0 fully saturated rings. The molecule has 144 valence electrons. The van der Waals surface area contributed by atoms with Crippen molar-refractivity contribution in [2.24, 2.45) is 0 Å². The van der Waals surface area contributed by atoms with E-state index >= 15 is 0 Å². The Morgan fingerprint density at radius 3 is 2.67 bits per heavy atom. The lowest BCUT2D eigenvalue weighted by Gasteiger charge is -2.27. The van der Waals surface area contributed by atoms with Gasteiger partial charge in [-0.25, -0.2) is 13.1 Å². The molecule has 2 aromatic carbocycles. The number of hydrogen-bond donors (Lipinski definition) is 3. The van der Waals surface area contributed by atoms with Gasteiger partial charge in [0.1, 0.15) is 5.75 Å². The second kappa shape index (κ2) is 7.70. The van der Waals surface area contributed by atoms with Crippen LogP contribution in [0, 0.1) is 0 Å². The van der Waals surface area contributed by atoms with Crippen LogP contribution < -0.4 is 10.0 Å². The van der Waals surface area contributed by atoms with Crippen LogP contribution in [0.4, 0.5) is 0 Å². The van der Waals surface area contributed by atoms with Gasteiger partial charge < -0.3 is 10.4 Å². The Morgan fingerprint density at radius 1 is 1.19 bits per heavy atom. The zero-order chi connectivity index (χ0) is 19.6. The molecule has 0 bridgehead atoms. The summed E-state index contributed by atoms with van der Waals surface area (Å²) < 4.78 is 27.2. The molecular weight excluding hydrogens is 364 g/mol. The molecule has 6 nitrogen and oxygen atoms in total. The summed E-state index contributed by atoms with van der Waals surface area (Å²) in [5.41, 5.74) is 2.07. The highest BCUT2D eigenvalue weighted by atomic mass is 32.2. The summed E-state index contributed by atoms with van der Waals surface area (Å²) in [5.74, 6) is -0.0860. The average molecular weight is 388 g/mol. The van der Waals surface area contributed by atoms with E-state index < -0.39 is 10.0 Å². The molecule has 0 radical (unpaired) electrons. The number of sulfonamides is 1. The Bertz CT molecular complexity index is 954. The minimum absolute atomic E-state index is 0.0607. The third kappa shape index (κ3) is 4.31. The fraction of sp³-hybridized carbons (Fsp3) is 0.350. The fourth-order valence-electron chi connectivity index (χ4n) is 3.40. The van der Waals surface area contributed by atoms with Crippen LogP contribution in [0.3, 0.4) is 0 Å². The number of phenolic OH excluding ortho intramolecular Hbond substituents is 1. The van der Waals surface area contributed by atoms with E-state index in [-0.39, 0.29) is 34.2 Å². The summed E-state index contributed by atoms with van der Waals surface area (Å²) in [6, 6.07) is 10.9. The van der Waals surface area contributed by atoms with E-state index in [1.165, 1.54) is 12.1 Å². The number of carbonyl (C=O) groups is 1. The van der Waals surface area contributed by atoms with E-state index in [2.05, 4.69) is 10.0 Å². The number of phenols is 1. The molecule has 2 aromatic rings. The molecule has 0 spiro atoms. The predicted molar refractivity (Wildman–Crippen MR) is 103 cm³/mol. The van der Waals surface area contributed by atoms with Crippen LogP contribution in [0.25, 0.3) is 0 Å². The van der Waals surface area contributed by atoms with Crippen molar-refractivity contribution in [2.75, 3.05) is 0 Å². The van der Waals surface area contributed by atoms with Gasteiger partial charge in [0.25, 0.3) is 5.91 Å². The summed E-state index contributed by atoms with van der Waals surface area (Å²) in [7, 11) is -3.67. The van der Waals surface area contributed by atoms with Gasteiger partial charge in [-0.2, -0.15) is 0 Å². The van der Waals surface area contributed by atoms with Crippen molar-refractivity contribution in [3.8, 4) is 5.75 Å². The maximum absolute atomic E-state index is 12.7. The summed E-state index contributed by atoms with van der Waals surface area (Å²) >= 11 is 0. The lowest BCUT2D eigenvalue weighted by Crippen LogP contribution is -2.32. The molecule has 27 heavy (non-hydrogen) atoms. The molecule has 3 rings (SSSR count). The first-order valence-electron chi connectivity index (χ1n) is 9.02. The number of aromatic hydroxyl groups is 1. The summed E-state index contributed by atoms with van der Waals surface area (Å²) in [5, 5.41) is 13.0. The molecule has 7 heteroatoms. The van der Waals surface area contributed by atoms with E-state index in [1.54, 1.807) is 38.1 Å². The number of hydrogen-bond acceptors (Lipinski definition) is 4. The van der Waals surface area contributed by atoms with Gasteiger partial charge in [0.2, 0.25) is 10.0 Å². The third-order valence-corrected chi connectivity index (χ3v) is 6.24. The van der Waals surface area contributed by atoms with Gasteiger partial charge in [0, 0.05) is 11.6 Å². The van der Waals surface area contributed by atoms with Crippen molar-refractivity contribution < 1.29 is 18.3 Å². The van der Waals surface area contributed by atoms with E-state index in [4.69, 9.17) is 0 Å². The first-order valence-corrected chi connectivity index (χ1v) is 10.5. The van der Waals surface area contributed by atoms with Gasteiger partial charge in [-0.1, -0.05) is 18.2 Å². The molecule has 0 saturated heterocycles. The Morgan fingerprint density at radius 2 is 1.93 bits per heavy atom. The number of amides is 1. The molecule has 0 aliphatic heterocycles. The SMILES string of the molecule is CC(C)NS(=O)(=O)c1cccc(C(=O)NC2CCCc3c(O)cccc32)c1. The predicted octanol–water partition coefficient (Wildman–Crippen LogP) is 2.89. The molecule has 1 unspecified atom stereocenters. The van der Waals surface area contributed by atoms with Crippen molar-refractivity contribution in [2.45, 2.75) is 50.1 Å². The largest absolute Gasteiger partial charge is 0.508 e. The molecule has 1 aliphatic carbocycles. The van der Waals surface area contributed by atoms with Crippen LogP contribution in [-0.2, 0) is 16.4 Å². The quantitative estimate of drug-likeness (QED) is 0.734. The number of rotatable bonds is 5. The van der Waals surface area contributed by atoms with Gasteiger partial charge in [-0.05, 0) is 68.5 Å². The average Bonchev–Trinajstić information content (AvgIpc) is 2.62. The Hall–Kier alpha value is -2.38. The molecule has 0 aromatic heterocycles.